The highest BCUT2D eigenvalue weighted by Gasteiger charge is 2.33. The van der Waals surface area contributed by atoms with Gasteiger partial charge in [0.25, 0.3) is 0 Å². The highest BCUT2D eigenvalue weighted by atomic mass is 16.6. The average Bonchev–Trinajstić information content (AvgIpc) is 2.21. The van der Waals surface area contributed by atoms with E-state index < -0.39 is 23.7 Å². The first kappa shape index (κ1) is 16.7. The molecule has 0 aromatic rings. The van der Waals surface area contributed by atoms with E-state index in [1.54, 1.807) is 20.8 Å². The summed E-state index contributed by atoms with van der Waals surface area (Å²) in [6, 6.07) is -1.00. The fourth-order valence-electron chi connectivity index (χ4n) is 1.74. The summed E-state index contributed by atoms with van der Waals surface area (Å²) in [5, 5.41) is 9.09. The quantitative estimate of drug-likeness (QED) is 0.824. The number of carboxylic acid groups (broad SMARTS) is 1. The molecule has 1 unspecified atom stereocenters. The van der Waals surface area contributed by atoms with E-state index in [-0.39, 0.29) is 6.04 Å². The van der Waals surface area contributed by atoms with Gasteiger partial charge in [0, 0.05) is 6.04 Å². The van der Waals surface area contributed by atoms with Crippen LogP contribution < -0.4 is 0 Å². The summed E-state index contributed by atoms with van der Waals surface area (Å²) in [6.45, 7) is 10.7. The van der Waals surface area contributed by atoms with Gasteiger partial charge in [-0.25, -0.2) is 9.59 Å². The van der Waals surface area contributed by atoms with Crippen LogP contribution in [0.5, 0.6) is 0 Å². The topological polar surface area (TPSA) is 66.8 Å². The van der Waals surface area contributed by atoms with Crippen LogP contribution in [-0.4, -0.2) is 39.8 Å². The van der Waals surface area contributed by atoms with Crippen LogP contribution in [0.15, 0.2) is 0 Å². The Balaban J connectivity index is 5.08. The van der Waals surface area contributed by atoms with E-state index in [2.05, 4.69) is 0 Å². The van der Waals surface area contributed by atoms with Gasteiger partial charge in [0.05, 0.1) is 0 Å². The van der Waals surface area contributed by atoms with Gasteiger partial charge in [-0.05, 0) is 40.5 Å². The van der Waals surface area contributed by atoms with E-state index in [1.165, 1.54) is 11.8 Å². The van der Waals surface area contributed by atoms with Crippen molar-refractivity contribution in [2.24, 2.45) is 0 Å². The number of rotatable bonds is 5. The van der Waals surface area contributed by atoms with Gasteiger partial charge in [-0.15, -0.1) is 0 Å². The number of amides is 1. The molecule has 18 heavy (non-hydrogen) atoms. The maximum atomic E-state index is 12.1. The Kier molecular flexibility index (Phi) is 6.15. The van der Waals surface area contributed by atoms with Crippen LogP contribution in [0.2, 0.25) is 0 Å². The van der Waals surface area contributed by atoms with Crippen LogP contribution in [0.4, 0.5) is 4.79 Å². The Morgan fingerprint density at radius 3 is 1.94 bits per heavy atom. The Bertz CT molecular complexity index is 292. The lowest BCUT2D eigenvalue weighted by atomic mass is 10.1. The first-order valence-corrected chi connectivity index (χ1v) is 6.38. The van der Waals surface area contributed by atoms with Crippen molar-refractivity contribution in [3.63, 3.8) is 0 Å². The maximum Gasteiger partial charge on any atom is 0.411 e. The lowest BCUT2D eigenvalue weighted by molar-refractivity contribution is -0.143. The monoisotopic (exact) mass is 259 g/mol. The molecular weight excluding hydrogens is 234 g/mol. The smallest absolute Gasteiger partial charge is 0.411 e. The molecule has 1 amide bonds. The van der Waals surface area contributed by atoms with Crippen molar-refractivity contribution < 1.29 is 19.4 Å². The van der Waals surface area contributed by atoms with Gasteiger partial charge >= 0.3 is 12.1 Å². The SMILES string of the molecule is CCC(CC)N(C(=O)OC(C)(C)C)C(C)C(=O)O. The highest BCUT2D eigenvalue weighted by molar-refractivity contribution is 5.80. The van der Waals surface area contributed by atoms with Crippen LogP contribution in [0.1, 0.15) is 54.4 Å². The van der Waals surface area contributed by atoms with Crippen molar-refractivity contribution in [1.29, 1.82) is 0 Å². The molecule has 0 saturated heterocycles. The van der Waals surface area contributed by atoms with Crippen molar-refractivity contribution >= 4 is 12.1 Å². The largest absolute Gasteiger partial charge is 0.480 e. The minimum Gasteiger partial charge on any atom is -0.480 e. The zero-order valence-corrected chi connectivity index (χ0v) is 12.2. The third-order valence-electron chi connectivity index (χ3n) is 2.71. The van der Waals surface area contributed by atoms with Crippen molar-refractivity contribution in [3.8, 4) is 0 Å². The van der Waals surface area contributed by atoms with Gasteiger partial charge in [0.15, 0.2) is 0 Å². The molecule has 0 fully saturated rings. The molecule has 0 aliphatic heterocycles. The number of nitrogens with zero attached hydrogens (tertiary/aromatic N) is 1. The van der Waals surface area contributed by atoms with Crippen molar-refractivity contribution in [2.75, 3.05) is 0 Å². The van der Waals surface area contributed by atoms with Gasteiger partial charge in [-0.3, -0.25) is 4.90 Å². The molecule has 0 aromatic carbocycles. The molecule has 0 aliphatic rings. The molecule has 0 aliphatic carbocycles. The number of carboxylic acids is 1. The molecule has 0 saturated carbocycles. The standard InChI is InChI=1S/C13H25NO4/c1-7-10(8-2)14(9(3)11(15)16)12(17)18-13(4,5)6/h9-10H,7-8H2,1-6H3,(H,15,16). The predicted molar refractivity (Wildman–Crippen MR) is 69.5 cm³/mol. The molecule has 1 atom stereocenters. The lowest BCUT2D eigenvalue weighted by Gasteiger charge is -2.35. The fraction of sp³-hybridized carbons (Fsp3) is 0.846. The second-order valence-corrected chi connectivity index (χ2v) is 5.37. The number of hydrogen-bond acceptors (Lipinski definition) is 3. The van der Waals surface area contributed by atoms with Crippen LogP contribution in [0, 0.1) is 0 Å². The first-order valence-electron chi connectivity index (χ1n) is 6.38. The molecule has 106 valence electrons. The highest BCUT2D eigenvalue weighted by Crippen LogP contribution is 2.18. The number of aliphatic carboxylic acids is 1. The number of carbonyl (C=O) groups excluding carboxylic acids is 1. The third kappa shape index (κ3) is 4.94. The lowest BCUT2D eigenvalue weighted by Crippen LogP contribution is -2.50. The second-order valence-electron chi connectivity index (χ2n) is 5.37. The molecule has 0 spiro atoms. The summed E-state index contributed by atoms with van der Waals surface area (Å²) < 4.78 is 5.28. The molecule has 0 aromatic heterocycles. The Morgan fingerprint density at radius 2 is 1.67 bits per heavy atom. The molecule has 0 bridgehead atoms. The van der Waals surface area contributed by atoms with Crippen LogP contribution in [0.25, 0.3) is 0 Å². The summed E-state index contributed by atoms with van der Waals surface area (Å²) in [7, 11) is 0. The van der Waals surface area contributed by atoms with Gasteiger partial charge in [0.2, 0.25) is 0 Å². The van der Waals surface area contributed by atoms with E-state index in [4.69, 9.17) is 9.84 Å². The fourth-order valence-corrected chi connectivity index (χ4v) is 1.74. The molecule has 0 heterocycles. The van der Waals surface area contributed by atoms with E-state index in [9.17, 15) is 9.59 Å². The number of ether oxygens (including phenoxy) is 1. The van der Waals surface area contributed by atoms with E-state index in [0.29, 0.717) is 12.8 Å². The van der Waals surface area contributed by atoms with Crippen molar-refractivity contribution in [2.45, 2.75) is 72.1 Å². The van der Waals surface area contributed by atoms with Gasteiger partial charge in [0.1, 0.15) is 11.6 Å². The zero-order valence-electron chi connectivity index (χ0n) is 12.2. The molecule has 1 N–H and O–H groups in total. The summed E-state index contributed by atoms with van der Waals surface area (Å²) in [5.74, 6) is -1.02. The first-order chi connectivity index (χ1) is 8.14. The molecular formula is C13H25NO4. The normalized spacial score (nSPS) is 13.3. The van der Waals surface area contributed by atoms with Gasteiger partial charge < -0.3 is 9.84 Å². The summed E-state index contributed by atoms with van der Waals surface area (Å²) in [4.78, 5) is 24.5. The third-order valence-corrected chi connectivity index (χ3v) is 2.71. The van der Waals surface area contributed by atoms with Crippen LogP contribution >= 0.6 is 0 Å². The average molecular weight is 259 g/mol. The minimum atomic E-state index is -1.02. The van der Waals surface area contributed by atoms with E-state index in [1.807, 2.05) is 13.8 Å². The summed E-state index contributed by atoms with van der Waals surface area (Å²) in [6.07, 6.45) is 0.840. The van der Waals surface area contributed by atoms with E-state index >= 15 is 0 Å². The zero-order chi connectivity index (χ0) is 14.5. The Labute approximate surface area is 109 Å². The summed E-state index contributed by atoms with van der Waals surface area (Å²) in [5.41, 5.74) is -0.625. The van der Waals surface area contributed by atoms with E-state index in [0.717, 1.165) is 0 Å². The van der Waals surface area contributed by atoms with Crippen molar-refractivity contribution in [3.05, 3.63) is 0 Å². The van der Waals surface area contributed by atoms with Gasteiger partial charge in [-0.2, -0.15) is 0 Å². The minimum absolute atomic E-state index is 0.119. The Hall–Kier alpha value is -1.26. The maximum absolute atomic E-state index is 12.1. The molecule has 0 rings (SSSR count). The van der Waals surface area contributed by atoms with Crippen LogP contribution in [-0.2, 0) is 9.53 Å². The molecule has 5 heteroatoms. The second kappa shape index (κ2) is 6.61. The number of hydrogen-bond donors (Lipinski definition) is 1. The Morgan fingerprint density at radius 1 is 1.22 bits per heavy atom. The number of carbonyl (C=O) groups is 2. The van der Waals surface area contributed by atoms with Crippen LogP contribution in [0.3, 0.4) is 0 Å². The van der Waals surface area contributed by atoms with Gasteiger partial charge in [-0.1, -0.05) is 13.8 Å². The molecule has 0 radical (unpaired) electrons. The van der Waals surface area contributed by atoms with Crippen molar-refractivity contribution in [1.82, 2.24) is 4.90 Å². The summed E-state index contributed by atoms with van der Waals surface area (Å²) >= 11 is 0. The predicted octanol–water partition coefficient (Wildman–Crippen LogP) is 2.89. The molecule has 5 nitrogen and oxygen atoms in total.